The summed E-state index contributed by atoms with van der Waals surface area (Å²) >= 11 is 1.37. The van der Waals surface area contributed by atoms with Crippen LogP contribution >= 0.6 is 11.3 Å². The van der Waals surface area contributed by atoms with E-state index in [9.17, 15) is 38.4 Å². The van der Waals surface area contributed by atoms with E-state index in [1.54, 1.807) is 102 Å². The zero-order chi connectivity index (χ0) is 94.8. The Labute approximate surface area is 788 Å². The minimum Gasteiger partial charge on any atom is -0.382 e. The van der Waals surface area contributed by atoms with Crippen molar-refractivity contribution >= 4 is 148 Å². The van der Waals surface area contributed by atoms with E-state index >= 15 is 0 Å². The van der Waals surface area contributed by atoms with Crippen molar-refractivity contribution in [1.82, 2.24) is 115 Å². The molecule has 4 aliphatic rings. The molecule has 39 nitrogen and oxygen atoms in total. The first-order chi connectivity index (χ1) is 66.8. The van der Waals surface area contributed by atoms with E-state index in [2.05, 4.69) is 113 Å². The second-order valence-corrected chi connectivity index (χ2v) is 33.4. The van der Waals surface area contributed by atoms with Crippen molar-refractivity contribution in [2.45, 2.75) is 25.7 Å². The number of nitrogens with two attached hydrogens (primary N) is 4. The third kappa shape index (κ3) is 22.1. The summed E-state index contributed by atoms with van der Waals surface area (Å²) in [6, 6.07) is 58.7. The van der Waals surface area contributed by atoms with Gasteiger partial charge in [0.25, 0.3) is 47.3 Å². The van der Waals surface area contributed by atoms with Gasteiger partial charge in [-0.2, -0.15) is 5.10 Å². The number of H-pyrrole nitrogens is 2. The molecular formula is C97H97N31O8S. The Morgan fingerprint density at radius 1 is 0.343 bits per heavy atom. The van der Waals surface area contributed by atoms with Gasteiger partial charge in [-0.1, -0.05) is 108 Å². The summed E-state index contributed by atoms with van der Waals surface area (Å²) in [6.07, 6.45) is 9.78. The molecule has 20 rings (SSSR count). The summed E-state index contributed by atoms with van der Waals surface area (Å²) in [6.45, 7) is 12.6. The number of carbonyl (C=O) groups is 8. The molecule has 4 saturated heterocycles. The van der Waals surface area contributed by atoms with Crippen LogP contribution in [0, 0.1) is 0 Å². The largest absolute Gasteiger partial charge is 0.382 e. The number of imidazole rings is 2. The number of aryl methyl sites for hydroxylation is 1. The number of anilines is 8. The Morgan fingerprint density at radius 3 is 1.11 bits per heavy atom. The molecule has 0 atom stereocenters. The highest BCUT2D eigenvalue weighted by Crippen LogP contribution is 2.31. The van der Waals surface area contributed by atoms with Gasteiger partial charge in [0, 0.05) is 135 Å². The summed E-state index contributed by atoms with van der Waals surface area (Å²) < 4.78 is 2.76. The third-order valence-corrected chi connectivity index (χ3v) is 24.1. The average molecular weight is 1860 g/mol. The first-order valence-corrected chi connectivity index (χ1v) is 45.4. The van der Waals surface area contributed by atoms with E-state index < -0.39 is 23.6 Å². The van der Waals surface area contributed by atoms with Crippen molar-refractivity contribution in [3.63, 3.8) is 0 Å². The highest BCUT2D eigenvalue weighted by molar-refractivity contribution is 7.22. The molecular weight excluding hydrogens is 1760 g/mol. The highest BCUT2D eigenvalue weighted by atomic mass is 32.1. The van der Waals surface area contributed by atoms with Crippen molar-refractivity contribution in [3.8, 4) is 45.0 Å². The Bertz CT molecular complexity index is 6820. The SMILES string of the molecule is Cn1c(NC(=O)c2nc(-c3ccc(C(=O)N4CCCNCC4)cc3)cnc2N)nc2ccccc21.Nc1ncc(-c2ccc(C(=O)N3CCCNCC3)cc2)nc1C(=O)Nc1n[nH]c2ccccc12.Nc1ncc(-c2ccc(C(=O)N3CCCNCC3)cc2)nc1C(=O)Nc1nc2ccccc2[nH]1.Nc1ncc(-c2ccc(C(=O)N3CCCNCC3)cc2)nc1C(=O)Nc1nc2ccccc2s1. The van der Waals surface area contributed by atoms with Crippen LogP contribution in [0.2, 0.25) is 0 Å². The smallest absolute Gasteiger partial charge is 0.280 e. The van der Waals surface area contributed by atoms with Crippen molar-refractivity contribution in [3.05, 3.63) is 264 Å². The maximum absolute atomic E-state index is 13.0. The van der Waals surface area contributed by atoms with E-state index in [1.807, 2.05) is 124 Å². The number of aromatic amines is 2. The van der Waals surface area contributed by atoms with Gasteiger partial charge in [-0.15, -0.1) is 0 Å². The van der Waals surface area contributed by atoms with Gasteiger partial charge in [-0.05, 0) is 149 Å². The number of hydrogen-bond acceptors (Lipinski definition) is 29. The van der Waals surface area contributed by atoms with E-state index in [0.29, 0.717) is 94.1 Å². The molecule has 4 fully saturated rings. The monoisotopic (exact) mass is 1860 g/mol. The van der Waals surface area contributed by atoms with Gasteiger partial charge in [0.1, 0.15) is 0 Å². The van der Waals surface area contributed by atoms with Crippen molar-refractivity contribution in [2.75, 3.05) is 149 Å². The highest BCUT2D eigenvalue weighted by Gasteiger charge is 2.27. The second kappa shape index (κ2) is 42.8. The Balaban J connectivity index is 0.000000127. The van der Waals surface area contributed by atoms with Gasteiger partial charge in [-0.25, -0.2) is 54.8 Å². The average Bonchev–Trinajstić information content (AvgIpc) is 1.62. The van der Waals surface area contributed by atoms with E-state index in [0.717, 1.165) is 170 Å². The molecule has 8 aromatic heterocycles. The Hall–Kier alpha value is -16.8. The van der Waals surface area contributed by atoms with Crippen LogP contribution in [0.1, 0.15) is 109 Å². The number of rotatable bonds is 16. The molecule has 137 heavy (non-hydrogen) atoms. The number of hydrogen-bond donors (Lipinski definition) is 14. The van der Waals surface area contributed by atoms with Crippen molar-refractivity contribution in [1.29, 1.82) is 0 Å². The predicted octanol–water partition coefficient (Wildman–Crippen LogP) is 9.90. The number of amides is 8. The molecule has 0 spiro atoms. The lowest BCUT2D eigenvalue weighted by Crippen LogP contribution is -2.34. The predicted molar refractivity (Wildman–Crippen MR) is 525 cm³/mol. The molecule has 4 aliphatic heterocycles. The van der Waals surface area contributed by atoms with Gasteiger partial charge < -0.3 is 78.7 Å². The number of nitrogens with one attached hydrogen (secondary N) is 10. The zero-order valence-corrected chi connectivity index (χ0v) is 75.3. The molecule has 0 saturated carbocycles. The standard InChI is InChI=1S/C25H26N8O2.2C24H24N8O2.C24H23N7O2S/c1-32-20-6-3-2-5-18(20)30-25(32)31-23(34)21-22(26)28-15-19(29-21)16-7-9-17(10-8-16)24(35)33-13-4-11-27-12-14-33;25-21-20(22(33)31-24-29-17-4-1-2-5-18(17)30-24)28-19(14-27-21)15-6-8-16(9-7-15)23(34)32-12-3-10-26-11-13-32;25-21-20(23(33)29-22-17-4-1-2-5-18(17)30-31-22)28-19(14-27-21)15-6-8-16(9-7-15)24(34)32-12-3-10-26-11-13-32;25-21-20(22(32)30-24-29-17-4-1-2-5-19(17)34-24)28-18(14-27-21)15-6-8-16(9-7-15)23(33)31-12-3-10-26-11-13-31/h2-3,5-10,15,27H,4,11-14H2,1H3,(H2,26,28)(H,30,31,34);2*1-2,4-9,14,26H,3,10-13H2,(H2,25,27)(H2,29,30,31,33);1-2,4-9,14,26H,3,10-13H2,(H2,25,27)(H,29,30,32). The molecule has 0 radical (unpaired) electrons. The molecule has 18 N–H and O–H groups in total. The molecule has 694 valence electrons. The van der Waals surface area contributed by atoms with E-state index in [1.165, 1.54) is 36.1 Å². The maximum Gasteiger partial charge on any atom is 0.280 e. The number of para-hydroxylation sites is 6. The fraction of sp³-hybridized carbons (Fsp3) is 0.216. The Morgan fingerprint density at radius 2 is 0.701 bits per heavy atom. The van der Waals surface area contributed by atoms with Crippen LogP contribution in [-0.4, -0.2) is 246 Å². The van der Waals surface area contributed by atoms with Gasteiger partial charge in [-0.3, -0.25) is 59.4 Å². The number of nitrogens with zero attached hydrogens (tertiary/aromatic N) is 17. The molecule has 12 heterocycles. The maximum atomic E-state index is 13.0. The molecule has 8 amide bonds. The van der Waals surface area contributed by atoms with Crippen LogP contribution in [0.4, 0.5) is 46.1 Å². The van der Waals surface area contributed by atoms with Gasteiger partial charge >= 0.3 is 0 Å². The minimum atomic E-state index is -0.521. The van der Waals surface area contributed by atoms with Gasteiger partial charge in [0.15, 0.2) is 57.0 Å². The quantitative estimate of drug-likeness (QED) is 0.0427. The lowest BCUT2D eigenvalue weighted by molar-refractivity contribution is 0.0759. The fourth-order valence-electron chi connectivity index (χ4n) is 15.8. The second-order valence-electron chi connectivity index (χ2n) is 32.4. The summed E-state index contributed by atoms with van der Waals surface area (Å²) in [5.74, 6) is -0.840. The van der Waals surface area contributed by atoms with Crippen LogP contribution in [-0.2, 0) is 7.05 Å². The topological polar surface area (TPSA) is 541 Å². The van der Waals surface area contributed by atoms with Crippen LogP contribution in [0.5, 0.6) is 0 Å². The summed E-state index contributed by atoms with van der Waals surface area (Å²) in [5.41, 5.74) is 35.9. The van der Waals surface area contributed by atoms with Crippen molar-refractivity contribution in [2.24, 2.45) is 7.05 Å². The fourth-order valence-corrected chi connectivity index (χ4v) is 16.6. The number of thiazole rings is 1. The van der Waals surface area contributed by atoms with Gasteiger partial charge in [0.2, 0.25) is 11.9 Å². The number of fused-ring (bicyclic) bond motifs is 4. The number of carbonyl (C=O) groups excluding carboxylic acids is 8. The molecule has 40 heteroatoms. The normalized spacial score (nSPS) is 14.1. The third-order valence-electron chi connectivity index (χ3n) is 23.1. The van der Waals surface area contributed by atoms with Crippen LogP contribution in [0.3, 0.4) is 0 Å². The lowest BCUT2D eigenvalue weighted by atomic mass is 10.1. The number of aromatic nitrogens is 15. The van der Waals surface area contributed by atoms with Crippen molar-refractivity contribution < 1.29 is 38.4 Å². The zero-order valence-electron chi connectivity index (χ0n) is 74.5. The first-order valence-electron chi connectivity index (χ1n) is 44.6. The number of nitrogen functional groups attached to an aromatic ring is 4. The van der Waals surface area contributed by atoms with Crippen LogP contribution < -0.4 is 65.5 Å². The summed E-state index contributed by atoms with van der Waals surface area (Å²) in [7, 11) is 1.82. The summed E-state index contributed by atoms with van der Waals surface area (Å²) in [5, 5.41) is 32.4. The molecule has 0 bridgehead atoms. The van der Waals surface area contributed by atoms with Crippen LogP contribution in [0.15, 0.2) is 219 Å². The van der Waals surface area contributed by atoms with Crippen LogP contribution in [0.25, 0.3) is 88.2 Å². The lowest BCUT2D eigenvalue weighted by Gasteiger charge is -2.20. The molecule has 0 unspecified atom stereocenters. The molecule has 0 aliphatic carbocycles. The Kier molecular flexibility index (Phi) is 28.8. The minimum absolute atomic E-state index is 0.00167. The first kappa shape index (κ1) is 92.0. The van der Waals surface area contributed by atoms with Gasteiger partial charge in [0.05, 0.1) is 85.4 Å². The summed E-state index contributed by atoms with van der Waals surface area (Å²) in [4.78, 5) is 161. The van der Waals surface area contributed by atoms with E-state index in [4.69, 9.17) is 22.9 Å². The molecule has 16 aromatic rings. The van der Waals surface area contributed by atoms with E-state index in [-0.39, 0.29) is 69.7 Å². The molecule has 8 aromatic carbocycles. The number of benzene rings is 8.